The zero-order valence-electron chi connectivity index (χ0n) is 87.2. The summed E-state index contributed by atoms with van der Waals surface area (Å²) < 4.78 is 135. The van der Waals surface area contributed by atoms with Crippen molar-refractivity contribution in [3.8, 4) is 0 Å². The van der Waals surface area contributed by atoms with Gasteiger partial charge in [0, 0.05) is 84.6 Å². The number of rotatable bonds is 28. The van der Waals surface area contributed by atoms with Crippen LogP contribution in [0.4, 0.5) is 0 Å². The van der Waals surface area contributed by atoms with Crippen LogP contribution in [0.15, 0.2) is 58.7 Å². The van der Waals surface area contributed by atoms with Crippen molar-refractivity contribution in [1.82, 2.24) is 0 Å². The summed E-state index contributed by atoms with van der Waals surface area (Å²) in [5.41, 5.74) is 2.29. The Bertz CT molecular complexity index is 3500. The molecule has 0 aromatic carbocycles. The summed E-state index contributed by atoms with van der Waals surface area (Å²) in [6.45, 7) is 90.3. The smallest absolute Gasteiger partial charge is 0.334 e. The second kappa shape index (κ2) is 44.0. The highest BCUT2D eigenvalue weighted by atomic mass is 28.4. The topological polar surface area (TPSA) is 213 Å². The van der Waals surface area contributed by atoms with Crippen molar-refractivity contribution >= 4 is 55.9 Å². The first-order chi connectivity index (χ1) is 56.2. The third kappa shape index (κ3) is 29.1. The van der Waals surface area contributed by atoms with Crippen molar-refractivity contribution in [3.05, 3.63) is 58.7 Å². The zero-order chi connectivity index (χ0) is 95.2. The Morgan fingerprint density at radius 3 is 1.52 bits per heavy atom. The number of cyclic esters (lactones) is 1. The van der Waals surface area contributed by atoms with Gasteiger partial charge in [-0.15, -0.1) is 0 Å². The molecule has 25 atom stereocenters. The zero-order valence-corrected chi connectivity index (χ0v) is 93.2. The minimum Gasteiger partial charge on any atom is -0.456 e. The van der Waals surface area contributed by atoms with Crippen molar-refractivity contribution in [3.63, 3.8) is 0 Å². The fraction of sp³-hybridized carbons (Fsp3) is 0.887. The molecule has 124 heavy (non-hydrogen) atoms. The van der Waals surface area contributed by atoms with Gasteiger partial charge in [-0.2, -0.15) is 0 Å². The van der Waals surface area contributed by atoms with E-state index in [1.165, 1.54) is 0 Å². The maximum absolute atomic E-state index is 15.6. The molecule has 1 N–H and O–H groups in total. The van der Waals surface area contributed by atoms with Gasteiger partial charge in [-0.05, 0) is 196 Å². The van der Waals surface area contributed by atoms with E-state index in [1.807, 2.05) is 26.8 Å². The molecule has 5 aliphatic rings. The van der Waals surface area contributed by atoms with Gasteiger partial charge in [0.1, 0.15) is 36.6 Å². The molecule has 0 aliphatic carbocycles. The molecular weight excluding hydrogens is 1670 g/mol. The summed E-state index contributed by atoms with van der Waals surface area (Å²) >= 11 is 0. The first-order valence-corrected chi connectivity index (χ1v) is 64.3. The standard InChI is InChI=1S/C97H186O21Si6/c1-62-50-47-48-52-74(113-119(35,36)90(11,12)13)76(101-31)58-78(109-88(98)66(5)56-64(3)54-63(2)55-65(4)73(53-49-51-62)110-89-85(117-123(43,44)94(23,24)25)84(83(103-33)70(9)107-89)116-122(41,42)93(20,21)22)87(104-34)97(99)68(7)81(114-120(37,38)91(14,15)16)67(6)75(112-97)57-72(61-100-30)108-80-60-96(29,118-124(45,46)95(26,27)28)86(71(10)106-80)111-79-59-77(102-32)82(69(8)105-79)115-121(39,40)92(17,18)19/h49-51,54-56,65,67-87,89,99H,47-48,52-53,57-61H2,1-46H3/b51-49+,62-50-,63-55+,64-54+,66-56+/t65-,67+,68-,69-,70+,71+,72+,73?,74+,75?,76+,77-,78+,79+,80+,81-,82?,83+,84-,85+,86-,87+,89+,96?,97?/m1/s1. The van der Waals surface area contributed by atoms with Crippen LogP contribution in [0, 0.1) is 17.8 Å². The van der Waals surface area contributed by atoms with E-state index in [0.29, 0.717) is 31.3 Å². The quantitative estimate of drug-likeness (QED) is 0.0570. The molecule has 0 bridgehead atoms. The molecule has 5 rings (SSSR count). The average molecular weight is 1860 g/mol. The Morgan fingerprint density at radius 1 is 0.524 bits per heavy atom. The molecule has 724 valence electrons. The van der Waals surface area contributed by atoms with Gasteiger partial charge in [0.25, 0.3) is 0 Å². The number of hydrogen-bond acceptors (Lipinski definition) is 21. The third-order valence-corrected chi connectivity index (χ3v) is 57.4. The number of hydrogen-bond donors (Lipinski definition) is 1. The molecular formula is C97H186O21Si6. The lowest BCUT2D eigenvalue weighted by Crippen LogP contribution is -2.68. The van der Waals surface area contributed by atoms with Crippen LogP contribution in [0.2, 0.25) is 109 Å². The molecule has 4 saturated heterocycles. The lowest BCUT2D eigenvalue weighted by Gasteiger charge is -2.55. The van der Waals surface area contributed by atoms with Gasteiger partial charge in [0.05, 0.1) is 79.4 Å². The Hall–Kier alpha value is -1.29. The van der Waals surface area contributed by atoms with Crippen LogP contribution in [0.3, 0.4) is 0 Å². The van der Waals surface area contributed by atoms with E-state index >= 15 is 4.79 Å². The number of ether oxygens (including phenoxy) is 13. The number of esters is 1. The summed E-state index contributed by atoms with van der Waals surface area (Å²) in [6, 6.07) is 0. The number of methoxy groups -OCH3 is 5. The molecule has 5 unspecified atom stereocenters. The molecule has 0 spiro atoms. The van der Waals surface area contributed by atoms with E-state index in [0.717, 1.165) is 29.6 Å². The molecule has 5 heterocycles. The van der Waals surface area contributed by atoms with Crippen molar-refractivity contribution in [2.45, 2.75) is 495 Å². The number of allylic oxidation sites excluding steroid dienone is 7. The fourth-order valence-corrected chi connectivity index (χ4v) is 24.9. The summed E-state index contributed by atoms with van der Waals surface area (Å²) in [6.07, 6.45) is 4.39. The maximum atomic E-state index is 15.6. The van der Waals surface area contributed by atoms with Crippen LogP contribution < -0.4 is 0 Å². The predicted octanol–water partition coefficient (Wildman–Crippen LogP) is 23.2. The SMILES string of the molecule is COC[C@H](CC1OC(O)([C@@H](OC)[C@@H]2C[C@H](OC)[C@@H](O[Si](C)(C)C(C)(C)C)CCC/C=C(C)\C=C\CC(O[C@@H]3O[C@@H](C)[C@H](OC)[C@@H](O[Si](C)(C)C(C)(C)C)[C@@H]3O[Si](C)(C)C(C)(C)C)[C@H](C)/C=C(C)/C=C(C)/C=C(\C)C(=O)O2)[C@H](C)[C@H](O[Si](C)(C)C(C)(C)C)[C@H]1C)O[C@H]1CC(C)(O[Si](C)(C)C(C)(C)C)[C@H](O[C@H]2C[C@@H](OC)C(O[Si](C)(C)C(C)(C)C)[C@@H](C)O2)[C@H](C)O1. The second-order valence-corrected chi connectivity index (χ2v) is 75.5. The minimum absolute atomic E-state index is 0.0150. The Balaban J connectivity index is 1.67. The van der Waals surface area contributed by atoms with Crippen molar-refractivity contribution < 1.29 is 98.0 Å². The van der Waals surface area contributed by atoms with Gasteiger partial charge >= 0.3 is 5.97 Å². The fourth-order valence-electron chi connectivity index (χ4n) is 16.4. The van der Waals surface area contributed by atoms with Crippen molar-refractivity contribution in [2.24, 2.45) is 17.8 Å². The average Bonchev–Trinajstić information content (AvgIpc) is 0.744. The van der Waals surface area contributed by atoms with E-state index in [-0.39, 0.29) is 92.0 Å². The summed E-state index contributed by atoms with van der Waals surface area (Å²) in [4.78, 5) is 15.6. The Labute approximate surface area is 762 Å². The lowest BCUT2D eigenvalue weighted by atomic mass is 9.76. The van der Waals surface area contributed by atoms with Gasteiger partial charge in [-0.25, -0.2) is 4.79 Å². The van der Waals surface area contributed by atoms with Crippen LogP contribution in [0.25, 0.3) is 0 Å². The molecule has 0 aromatic rings. The molecule has 21 nitrogen and oxygen atoms in total. The molecule has 27 heteroatoms. The monoisotopic (exact) mass is 1860 g/mol. The molecule has 0 saturated carbocycles. The van der Waals surface area contributed by atoms with Crippen molar-refractivity contribution in [2.75, 3.05) is 42.2 Å². The molecule has 0 radical (unpaired) electrons. The van der Waals surface area contributed by atoms with Crippen LogP contribution in [0.5, 0.6) is 0 Å². The summed E-state index contributed by atoms with van der Waals surface area (Å²) in [5.74, 6) is -4.04. The molecule has 5 aliphatic heterocycles. The number of aliphatic hydroxyl groups is 1. The first-order valence-electron chi connectivity index (χ1n) is 46.9. The van der Waals surface area contributed by atoms with Crippen molar-refractivity contribution in [1.29, 1.82) is 0 Å². The van der Waals surface area contributed by atoms with E-state index in [9.17, 15) is 5.11 Å². The van der Waals surface area contributed by atoms with Gasteiger partial charge in [0.15, 0.2) is 68.8 Å². The molecule has 0 amide bonds. The first kappa shape index (κ1) is 113. The minimum atomic E-state index is -2.67. The molecule has 0 aromatic heterocycles. The van der Waals surface area contributed by atoms with Crippen LogP contribution >= 0.6 is 0 Å². The van der Waals surface area contributed by atoms with Crippen LogP contribution in [-0.4, -0.2) is 237 Å². The third-order valence-electron chi connectivity index (χ3n) is 30.5. The van der Waals surface area contributed by atoms with Gasteiger partial charge in [0.2, 0.25) is 5.79 Å². The normalized spacial score (nSPS) is 36.0. The lowest BCUT2D eigenvalue weighted by molar-refractivity contribution is -0.367. The predicted molar refractivity (Wildman–Crippen MR) is 518 cm³/mol. The van der Waals surface area contributed by atoms with Gasteiger partial charge < -0.3 is 93.2 Å². The Morgan fingerprint density at radius 2 is 1.02 bits per heavy atom. The van der Waals surface area contributed by atoms with E-state index in [2.05, 4.69) is 282 Å². The van der Waals surface area contributed by atoms with Crippen LogP contribution in [-0.2, 0) is 92.9 Å². The van der Waals surface area contributed by atoms with Gasteiger partial charge in [-0.1, -0.05) is 192 Å². The largest absolute Gasteiger partial charge is 0.456 e. The highest BCUT2D eigenvalue weighted by Gasteiger charge is 2.62. The highest BCUT2D eigenvalue weighted by molar-refractivity contribution is 6.76. The van der Waals surface area contributed by atoms with Gasteiger partial charge in [-0.3, -0.25) is 0 Å². The van der Waals surface area contributed by atoms with Crippen LogP contribution in [0.1, 0.15) is 252 Å². The molecule has 4 fully saturated rings. The Kier molecular flexibility index (Phi) is 40.2. The number of carbonyl (C=O) groups excluding carboxylic acids is 1. The highest BCUT2D eigenvalue weighted by Crippen LogP contribution is 2.52. The van der Waals surface area contributed by atoms with E-state index in [1.54, 1.807) is 42.5 Å². The number of carbonyl (C=O) groups is 1. The van der Waals surface area contributed by atoms with E-state index < -0.39 is 165 Å². The maximum Gasteiger partial charge on any atom is 0.334 e. The summed E-state index contributed by atoms with van der Waals surface area (Å²) in [5, 5.41) is 13.6. The summed E-state index contributed by atoms with van der Waals surface area (Å²) in [7, 11) is -6.55. The second-order valence-electron chi connectivity index (χ2n) is 47.0. The van der Waals surface area contributed by atoms with E-state index in [4.69, 9.17) is 88.1 Å².